The van der Waals surface area contributed by atoms with Gasteiger partial charge in [0.1, 0.15) is 5.56 Å². The number of halogens is 4. The fraction of sp³-hybridized carbons (Fsp3) is 0.350. The van der Waals surface area contributed by atoms with Crippen LogP contribution in [0, 0.1) is 0 Å². The molecular weight excluding hydrogens is 419 g/mol. The maximum atomic E-state index is 13.7. The second-order valence-corrected chi connectivity index (χ2v) is 7.49. The van der Waals surface area contributed by atoms with Crippen LogP contribution in [0.1, 0.15) is 23.0 Å². The first-order chi connectivity index (χ1) is 14.3. The number of carbonyl (C=O) groups excluding carboxylic acids is 1. The van der Waals surface area contributed by atoms with E-state index in [2.05, 4.69) is 15.0 Å². The van der Waals surface area contributed by atoms with Crippen molar-refractivity contribution in [1.82, 2.24) is 24.4 Å². The van der Waals surface area contributed by atoms with E-state index in [1.165, 1.54) is 0 Å². The van der Waals surface area contributed by atoms with Crippen molar-refractivity contribution in [2.75, 3.05) is 32.7 Å². The molecule has 0 radical (unpaired) electrons. The summed E-state index contributed by atoms with van der Waals surface area (Å²) in [6.07, 6.45) is -3.50. The first kappa shape index (κ1) is 20.6. The van der Waals surface area contributed by atoms with Gasteiger partial charge in [-0.1, -0.05) is 30.7 Å². The summed E-state index contributed by atoms with van der Waals surface area (Å²) in [5, 5.41) is 4.30. The zero-order valence-electron chi connectivity index (χ0n) is 16.2. The lowest BCUT2D eigenvalue weighted by Gasteiger charge is -2.33. The molecule has 6 nitrogen and oxygen atoms in total. The molecule has 1 aliphatic heterocycles. The van der Waals surface area contributed by atoms with Crippen LogP contribution < -0.4 is 0 Å². The molecule has 3 aromatic rings. The molecule has 1 aromatic carbocycles. The predicted molar refractivity (Wildman–Crippen MR) is 106 cm³/mol. The van der Waals surface area contributed by atoms with Gasteiger partial charge in [-0.3, -0.25) is 4.79 Å². The summed E-state index contributed by atoms with van der Waals surface area (Å²) >= 11 is 5.89. The van der Waals surface area contributed by atoms with Crippen LogP contribution in [0.3, 0.4) is 0 Å². The average Bonchev–Trinajstić information content (AvgIpc) is 3.16. The first-order valence-electron chi connectivity index (χ1n) is 9.51. The Bertz CT molecular complexity index is 1070. The average molecular weight is 438 g/mol. The topological polar surface area (TPSA) is 53.7 Å². The van der Waals surface area contributed by atoms with Gasteiger partial charge in [-0.05, 0) is 24.7 Å². The van der Waals surface area contributed by atoms with Gasteiger partial charge in [0, 0.05) is 36.8 Å². The Kier molecular flexibility index (Phi) is 5.42. The maximum Gasteiger partial charge on any atom is 0.433 e. The quantitative estimate of drug-likeness (QED) is 0.624. The van der Waals surface area contributed by atoms with Crippen LogP contribution in [0.2, 0.25) is 5.02 Å². The lowest BCUT2D eigenvalue weighted by atomic mass is 10.1. The van der Waals surface area contributed by atoms with Crippen molar-refractivity contribution in [3.63, 3.8) is 0 Å². The Morgan fingerprint density at radius 2 is 1.80 bits per heavy atom. The van der Waals surface area contributed by atoms with E-state index in [1.807, 2.05) is 6.92 Å². The molecule has 1 amide bonds. The predicted octanol–water partition coefficient (Wildman–Crippen LogP) is 3.85. The van der Waals surface area contributed by atoms with Gasteiger partial charge < -0.3 is 9.80 Å². The van der Waals surface area contributed by atoms with Crippen LogP contribution in [0.25, 0.3) is 16.9 Å². The first-order valence-corrected chi connectivity index (χ1v) is 9.89. The van der Waals surface area contributed by atoms with E-state index in [-0.39, 0.29) is 22.8 Å². The number of amides is 1. The highest BCUT2D eigenvalue weighted by atomic mass is 35.5. The third-order valence-electron chi connectivity index (χ3n) is 5.24. The molecule has 0 unspecified atom stereocenters. The minimum atomic E-state index is -4.67. The summed E-state index contributed by atoms with van der Waals surface area (Å²) < 4.78 is 41.8. The lowest BCUT2D eigenvalue weighted by molar-refractivity contribution is -0.142. The van der Waals surface area contributed by atoms with E-state index in [0.29, 0.717) is 28.2 Å². The molecule has 2 aromatic heterocycles. The number of aromatic nitrogens is 3. The molecule has 10 heteroatoms. The summed E-state index contributed by atoms with van der Waals surface area (Å²) in [4.78, 5) is 21.2. The van der Waals surface area contributed by atoms with E-state index >= 15 is 0 Å². The fourth-order valence-electron chi connectivity index (χ4n) is 3.52. The molecule has 0 bridgehead atoms. The highest BCUT2D eigenvalue weighted by molar-refractivity contribution is 6.30. The summed E-state index contributed by atoms with van der Waals surface area (Å²) in [6.45, 7) is 5.39. The van der Waals surface area contributed by atoms with Crippen molar-refractivity contribution in [3.05, 3.63) is 52.8 Å². The number of hydrogen-bond donors (Lipinski definition) is 0. The smallest absolute Gasteiger partial charge is 0.336 e. The molecule has 1 aliphatic rings. The SMILES string of the molecule is CCN1CCN(C(=O)c2cnn3c(C(F)(F)F)cc(-c4ccc(Cl)cc4)nc23)CC1. The molecule has 30 heavy (non-hydrogen) atoms. The van der Waals surface area contributed by atoms with Crippen LogP contribution >= 0.6 is 11.6 Å². The molecule has 0 N–H and O–H groups in total. The second-order valence-electron chi connectivity index (χ2n) is 7.05. The van der Waals surface area contributed by atoms with Crippen LogP contribution in [-0.2, 0) is 6.18 Å². The zero-order valence-corrected chi connectivity index (χ0v) is 16.9. The summed E-state index contributed by atoms with van der Waals surface area (Å²) in [7, 11) is 0. The van der Waals surface area contributed by atoms with E-state index in [4.69, 9.17) is 11.6 Å². The van der Waals surface area contributed by atoms with Crippen LogP contribution in [0.4, 0.5) is 13.2 Å². The van der Waals surface area contributed by atoms with Gasteiger partial charge in [0.15, 0.2) is 11.3 Å². The van der Waals surface area contributed by atoms with Crippen LogP contribution in [0.15, 0.2) is 36.5 Å². The van der Waals surface area contributed by atoms with Crippen molar-refractivity contribution >= 4 is 23.2 Å². The number of alkyl halides is 3. The minimum Gasteiger partial charge on any atom is -0.336 e. The Labute approximate surface area is 175 Å². The van der Waals surface area contributed by atoms with Crippen molar-refractivity contribution in [1.29, 1.82) is 0 Å². The Morgan fingerprint density at radius 3 is 2.40 bits per heavy atom. The Hall–Kier alpha value is -2.65. The lowest BCUT2D eigenvalue weighted by Crippen LogP contribution is -2.48. The molecule has 0 spiro atoms. The fourth-order valence-corrected chi connectivity index (χ4v) is 3.65. The maximum absolute atomic E-state index is 13.7. The van der Waals surface area contributed by atoms with Gasteiger partial charge >= 0.3 is 6.18 Å². The van der Waals surface area contributed by atoms with Crippen molar-refractivity contribution in [3.8, 4) is 11.3 Å². The highest BCUT2D eigenvalue weighted by Crippen LogP contribution is 2.33. The van der Waals surface area contributed by atoms with Gasteiger partial charge in [0.05, 0.1) is 11.9 Å². The normalized spacial score (nSPS) is 15.7. The van der Waals surface area contributed by atoms with Crippen molar-refractivity contribution in [2.45, 2.75) is 13.1 Å². The number of nitrogens with zero attached hydrogens (tertiary/aromatic N) is 5. The number of rotatable bonds is 3. The third kappa shape index (κ3) is 3.87. The molecule has 4 rings (SSSR count). The van der Waals surface area contributed by atoms with E-state index < -0.39 is 11.9 Å². The number of carbonyl (C=O) groups is 1. The van der Waals surface area contributed by atoms with Gasteiger partial charge in [0.25, 0.3) is 5.91 Å². The van der Waals surface area contributed by atoms with E-state index in [9.17, 15) is 18.0 Å². The zero-order chi connectivity index (χ0) is 21.5. The molecule has 3 heterocycles. The second kappa shape index (κ2) is 7.88. The molecule has 1 saturated heterocycles. The van der Waals surface area contributed by atoms with Gasteiger partial charge in [-0.25, -0.2) is 9.50 Å². The van der Waals surface area contributed by atoms with Crippen molar-refractivity contribution < 1.29 is 18.0 Å². The molecule has 158 valence electrons. The summed E-state index contributed by atoms with van der Waals surface area (Å²) in [5.41, 5.74) is -0.494. The molecular formula is C20H19ClF3N5O. The van der Waals surface area contributed by atoms with Gasteiger partial charge in [-0.15, -0.1) is 0 Å². The van der Waals surface area contributed by atoms with E-state index in [0.717, 1.165) is 31.9 Å². The number of hydrogen-bond acceptors (Lipinski definition) is 4. The van der Waals surface area contributed by atoms with Crippen molar-refractivity contribution in [2.24, 2.45) is 0 Å². The minimum absolute atomic E-state index is 0.0567. The van der Waals surface area contributed by atoms with Crippen LogP contribution in [0.5, 0.6) is 0 Å². The number of likely N-dealkylation sites (N-methyl/N-ethyl adjacent to an activating group) is 1. The third-order valence-corrected chi connectivity index (χ3v) is 5.49. The molecule has 1 fully saturated rings. The standard InChI is InChI=1S/C20H19ClF3N5O/c1-2-27-7-9-28(10-8-27)19(30)15-12-25-29-17(20(22,23)24)11-16(26-18(15)29)13-3-5-14(21)6-4-13/h3-6,11-12H,2,7-10H2,1H3. The highest BCUT2D eigenvalue weighted by Gasteiger charge is 2.36. The molecule has 0 atom stereocenters. The van der Waals surface area contributed by atoms with Gasteiger partial charge in [-0.2, -0.15) is 18.3 Å². The number of benzene rings is 1. The number of fused-ring (bicyclic) bond motifs is 1. The Balaban J connectivity index is 1.79. The van der Waals surface area contributed by atoms with E-state index in [1.54, 1.807) is 29.2 Å². The largest absolute Gasteiger partial charge is 0.433 e. The monoisotopic (exact) mass is 437 g/mol. The Morgan fingerprint density at radius 1 is 1.13 bits per heavy atom. The van der Waals surface area contributed by atoms with Crippen LogP contribution in [-0.4, -0.2) is 63.0 Å². The van der Waals surface area contributed by atoms with Gasteiger partial charge in [0.2, 0.25) is 0 Å². The molecule has 0 aliphatic carbocycles. The summed E-state index contributed by atoms with van der Waals surface area (Å²) in [5.74, 6) is -0.366. The summed E-state index contributed by atoms with van der Waals surface area (Å²) in [6, 6.07) is 7.25. The number of piperazine rings is 1. The molecule has 0 saturated carbocycles.